The first-order valence-electron chi connectivity index (χ1n) is 21.9. The SMILES string of the molecule is COC(=O)N[C@H](C(=O)NN(Cc1ccc(-c2ccccn2)cc1)C[C@H](OC(=O)[C@@H](NC(=O)OC)C(C)(C)C)[C@H](Cc1ccccc1)NC(=O)OC(OC(=O)[C@H](N)C(C)C)C(C)C)C(C)(C)C.Cl.Cl. The summed E-state index contributed by atoms with van der Waals surface area (Å²) in [6.07, 6.45) is -3.66. The summed E-state index contributed by atoms with van der Waals surface area (Å²) in [5, 5.41) is 9.53. The number of hydrazine groups is 1. The van der Waals surface area contributed by atoms with Crippen LogP contribution in [0, 0.1) is 22.7 Å². The summed E-state index contributed by atoms with van der Waals surface area (Å²) in [5.41, 5.74) is 10.3. The van der Waals surface area contributed by atoms with E-state index in [1.165, 1.54) is 12.1 Å². The van der Waals surface area contributed by atoms with Crippen LogP contribution in [0.5, 0.6) is 0 Å². The molecule has 3 rings (SSSR count). The minimum absolute atomic E-state index is 0. The topological polar surface area (TPSA) is 239 Å². The van der Waals surface area contributed by atoms with Gasteiger partial charge < -0.3 is 45.4 Å². The van der Waals surface area contributed by atoms with Gasteiger partial charge in [0, 0.05) is 24.2 Å². The molecule has 0 fully saturated rings. The Morgan fingerprint density at radius 3 is 1.71 bits per heavy atom. The molecular formula is C48H71Cl2N7O11. The number of aromatic nitrogens is 1. The maximum atomic E-state index is 14.5. The molecular weight excluding hydrogens is 921 g/mol. The third-order valence-corrected chi connectivity index (χ3v) is 10.4. The number of carbonyl (C=O) groups excluding carboxylic acids is 6. The molecule has 3 aromatic rings. The van der Waals surface area contributed by atoms with Gasteiger partial charge in [-0.3, -0.25) is 20.0 Å². The number of methoxy groups -OCH3 is 2. The van der Waals surface area contributed by atoms with Crippen molar-refractivity contribution in [2.45, 2.75) is 119 Å². The van der Waals surface area contributed by atoms with Crippen LogP contribution in [0.15, 0.2) is 79.0 Å². The van der Waals surface area contributed by atoms with Crippen molar-refractivity contribution in [2.24, 2.45) is 28.4 Å². The molecule has 0 aliphatic rings. The summed E-state index contributed by atoms with van der Waals surface area (Å²) >= 11 is 0. The Balaban J connectivity index is 0.0000116. The fraction of sp³-hybridized carbons (Fsp3) is 0.521. The maximum absolute atomic E-state index is 14.5. The van der Waals surface area contributed by atoms with Crippen molar-refractivity contribution in [1.82, 2.24) is 31.4 Å². The molecule has 0 spiro atoms. The number of nitrogens with two attached hydrogens (primary N) is 1. The second-order valence-electron chi connectivity index (χ2n) is 18.8. The van der Waals surface area contributed by atoms with E-state index >= 15 is 0 Å². The predicted molar refractivity (Wildman–Crippen MR) is 261 cm³/mol. The Kier molecular flexibility index (Phi) is 24.8. The van der Waals surface area contributed by atoms with Crippen LogP contribution < -0.4 is 27.1 Å². The first kappa shape index (κ1) is 60.3. The molecule has 0 aliphatic heterocycles. The Morgan fingerprint density at radius 2 is 1.21 bits per heavy atom. The number of halogens is 2. The molecule has 0 aliphatic carbocycles. The highest BCUT2D eigenvalue weighted by Crippen LogP contribution is 2.25. The number of ether oxygens (including phenoxy) is 5. The summed E-state index contributed by atoms with van der Waals surface area (Å²) in [6.45, 7) is 17.1. The number of pyridine rings is 1. The average Bonchev–Trinajstić information content (AvgIpc) is 3.25. The van der Waals surface area contributed by atoms with E-state index in [9.17, 15) is 28.8 Å². The van der Waals surface area contributed by atoms with Crippen LogP contribution in [0.25, 0.3) is 11.3 Å². The van der Waals surface area contributed by atoms with Gasteiger partial charge in [-0.15, -0.1) is 24.8 Å². The van der Waals surface area contributed by atoms with Crippen LogP contribution in [-0.2, 0) is 51.0 Å². The van der Waals surface area contributed by atoms with Crippen LogP contribution in [-0.4, -0.2) is 103 Å². The number of nitrogens with one attached hydrogen (secondary N) is 4. The summed E-state index contributed by atoms with van der Waals surface area (Å²) in [6, 6.07) is 17.6. The van der Waals surface area contributed by atoms with Gasteiger partial charge in [0.25, 0.3) is 12.2 Å². The van der Waals surface area contributed by atoms with Crippen molar-refractivity contribution in [2.75, 3.05) is 20.8 Å². The number of hydrogen-bond donors (Lipinski definition) is 5. The summed E-state index contributed by atoms with van der Waals surface area (Å²) in [7, 11) is 2.35. The Bertz CT molecular complexity index is 2050. The molecule has 0 radical (unpaired) electrons. The van der Waals surface area contributed by atoms with Crippen molar-refractivity contribution < 1.29 is 52.5 Å². The van der Waals surface area contributed by atoms with Crippen molar-refractivity contribution in [3.63, 3.8) is 0 Å². The van der Waals surface area contributed by atoms with Crippen molar-refractivity contribution in [3.8, 4) is 11.3 Å². The van der Waals surface area contributed by atoms with Gasteiger partial charge in [0.1, 0.15) is 24.2 Å². The molecule has 2 aromatic carbocycles. The fourth-order valence-corrected chi connectivity index (χ4v) is 6.44. The predicted octanol–water partition coefficient (Wildman–Crippen LogP) is 6.72. The summed E-state index contributed by atoms with van der Waals surface area (Å²) in [5.74, 6) is -3.02. The first-order chi connectivity index (χ1) is 30.9. The molecule has 6 N–H and O–H groups in total. The molecule has 1 aromatic heterocycles. The van der Waals surface area contributed by atoms with Crippen molar-refractivity contribution in [3.05, 3.63) is 90.1 Å². The van der Waals surface area contributed by atoms with Gasteiger partial charge in [-0.1, -0.05) is 130 Å². The van der Waals surface area contributed by atoms with E-state index in [0.29, 0.717) is 5.56 Å². The zero-order chi connectivity index (χ0) is 49.4. The minimum atomic E-state index is -1.35. The molecule has 4 amide bonds. The highest BCUT2D eigenvalue weighted by atomic mass is 35.5. The number of nitrogens with zero attached hydrogens (tertiary/aromatic N) is 2. The zero-order valence-electron chi connectivity index (χ0n) is 41.0. The number of hydrogen-bond acceptors (Lipinski definition) is 14. The standard InChI is InChI=1S/C48H69N7O11.2ClH/c1-29(2)37(49)41(57)65-43(30(3)4)66-46(61)51-35(26-31-18-14-13-15-19-31)36(64-42(58)39(48(8,9)10)53-45(60)63-12)28-55(54-40(56)38(47(5,6)7)52-44(59)62-11)27-32-21-23-33(24-22-32)34-20-16-17-25-50-34;;/h13-25,29-30,35-39,43H,26-28,49H2,1-12H3,(H,51,61)(H,52,59)(H,53,60)(H,54,56);2*1H/t35-,36-,37+,38+,39+,43?;;/m0../s1. The highest BCUT2D eigenvalue weighted by Gasteiger charge is 2.40. The second-order valence-corrected chi connectivity index (χ2v) is 18.8. The molecule has 68 heavy (non-hydrogen) atoms. The monoisotopic (exact) mass is 991 g/mol. The molecule has 0 saturated heterocycles. The normalized spacial score (nSPS) is 14.0. The molecule has 0 bridgehead atoms. The Labute approximate surface area is 412 Å². The number of carbonyl (C=O) groups is 6. The first-order valence-corrected chi connectivity index (χ1v) is 21.9. The molecule has 0 saturated carbocycles. The third-order valence-electron chi connectivity index (χ3n) is 10.4. The lowest BCUT2D eigenvalue weighted by atomic mass is 9.86. The Hall–Kier alpha value is -5.69. The van der Waals surface area contributed by atoms with Gasteiger partial charge in [-0.05, 0) is 46.4 Å². The average molecular weight is 993 g/mol. The van der Waals surface area contributed by atoms with Crippen LogP contribution in [0.2, 0.25) is 0 Å². The largest absolute Gasteiger partial charge is 0.457 e. The third kappa shape index (κ3) is 19.5. The Morgan fingerprint density at radius 1 is 0.647 bits per heavy atom. The van der Waals surface area contributed by atoms with E-state index in [2.05, 4.69) is 26.4 Å². The van der Waals surface area contributed by atoms with Crippen LogP contribution in [0.4, 0.5) is 14.4 Å². The molecule has 1 heterocycles. The number of alkyl carbamates (subject to hydrolysis) is 3. The molecule has 20 heteroatoms. The zero-order valence-corrected chi connectivity index (χ0v) is 42.7. The van der Waals surface area contributed by atoms with Crippen molar-refractivity contribution in [1.29, 1.82) is 0 Å². The van der Waals surface area contributed by atoms with Gasteiger partial charge in [0.2, 0.25) is 0 Å². The van der Waals surface area contributed by atoms with E-state index < -0.39 is 89.4 Å². The lowest BCUT2D eigenvalue weighted by Gasteiger charge is -2.37. The van der Waals surface area contributed by atoms with Crippen molar-refractivity contribution >= 4 is 60.9 Å². The van der Waals surface area contributed by atoms with Gasteiger partial charge in [0.05, 0.1) is 32.5 Å². The highest BCUT2D eigenvalue weighted by molar-refractivity contribution is 5.86. The van der Waals surface area contributed by atoms with Gasteiger partial charge in [-0.25, -0.2) is 24.2 Å². The number of amides is 4. The lowest BCUT2D eigenvalue weighted by molar-refractivity contribution is -0.178. The van der Waals surface area contributed by atoms with Crippen LogP contribution in [0.3, 0.4) is 0 Å². The minimum Gasteiger partial charge on any atom is -0.457 e. The maximum Gasteiger partial charge on any atom is 0.410 e. The summed E-state index contributed by atoms with van der Waals surface area (Å²) < 4.78 is 27.3. The molecule has 18 nitrogen and oxygen atoms in total. The van der Waals surface area contributed by atoms with Gasteiger partial charge >= 0.3 is 30.2 Å². The van der Waals surface area contributed by atoms with E-state index in [-0.39, 0.29) is 50.2 Å². The molecule has 1 unspecified atom stereocenters. The number of esters is 2. The molecule has 6 atom stereocenters. The molecule has 378 valence electrons. The smallest absolute Gasteiger partial charge is 0.410 e. The number of rotatable bonds is 20. The van der Waals surface area contributed by atoms with E-state index in [1.54, 1.807) is 87.6 Å². The quantitative estimate of drug-likeness (QED) is 0.0342. The second kappa shape index (κ2) is 28.0. The summed E-state index contributed by atoms with van der Waals surface area (Å²) in [4.78, 5) is 85.3. The lowest BCUT2D eigenvalue weighted by Crippen LogP contribution is -2.60. The van der Waals surface area contributed by atoms with Gasteiger partial charge in [0.15, 0.2) is 0 Å². The van der Waals surface area contributed by atoms with Crippen LogP contribution in [0.1, 0.15) is 80.4 Å². The fourth-order valence-electron chi connectivity index (χ4n) is 6.44. The van der Waals surface area contributed by atoms with Crippen LogP contribution >= 0.6 is 24.8 Å². The number of benzene rings is 2. The van der Waals surface area contributed by atoms with E-state index in [0.717, 1.165) is 23.9 Å². The van der Waals surface area contributed by atoms with E-state index in [1.807, 2.05) is 60.7 Å². The van der Waals surface area contributed by atoms with E-state index in [4.69, 9.17) is 29.4 Å². The van der Waals surface area contributed by atoms with Gasteiger partial charge in [-0.2, -0.15) is 0 Å².